The monoisotopic (exact) mass is 885 g/mol. The lowest BCUT2D eigenvalue weighted by molar-refractivity contribution is -0.154. The predicted octanol–water partition coefficient (Wildman–Crippen LogP) is 13.6. The second-order valence-electron chi connectivity index (χ2n) is 15.0. The lowest BCUT2D eigenvalue weighted by Gasteiger charge is -2.20. The van der Waals surface area contributed by atoms with Crippen molar-refractivity contribution in [2.45, 2.75) is 167 Å². The maximum atomic E-state index is 12.6. The summed E-state index contributed by atoms with van der Waals surface area (Å²) in [4.78, 5) is 22.6. The van der Waals surface area contributed by atoms with Gasteiger partial charge in [0.2, 0.25) is 0 Å². The van der Waals surface area contributed by atoms with Crippen molar-refractivity contribution in [2.24, 2.45) is 0 Å². The number of carbonyl (C=O) groups is 1. The van der Waals surface area contributed by atoms with Gasteiger partial charge in [0.05, 0.1) is 26.4 Å². The molecule has 0 radical (unpaired) electrons. The summed E-state index contributed by atoms with van der Waals surface area (Å²) in [6.07, 6.45) is 63.0. The van der Waals surface area contributed by atoms with Gasteiger partial charge in [0.15, 0.2) is 0 Å². The van der Waals surface area contributed by atoms with Gasteiger partial charge in [0, 0.05) is 13.0 Å². The number of carbonyl (C=O) groups excluding carboxylic acids is 1. The van der Waals surface area contributed by atoms with Gasteiger partial charge >= 0.3 is 13.8 Å². The number of rotatable bonds is 43. The van der Waals surface area contributed by atoms with E-state index in [2.05, 4.69) is 135 Å². The number of phosphoric acid groups is 1. The highest BCUT2D eigenvalue weighted by molar-refractivity contribution is 7.47. The zero-order chi connectivity index (χ0) is 45.3. The molecule has 0 aliphatic heterocycles. The van der Waals surface area contributed by atoms with Crippen LogP contribution in [0.25, 0.3) is 0 Å². The third-order valence-electron chi connectivity index (χ3n) is 9.14. The van der Waals surface area contributed by atoms with Gasteiger partial charge in [0.1, 0.15) is 12.2 Å². The first kappa shape index (κ1) is 58.9. The van der Waals surface area contributed by atoms with Crippen LogP contribution >= 0.6 is 7.82 Å². The molecule has 0 aromatic rings. The average Bonchev–Trinajstić information content (AvgIpc) is 3.26. The number of ether oxygens (including phenoxy) is 2. The number of aliphatic hydroxyl groups excluding tert-OH is 2. The molecule has 0 bridgehead atoms. The van der Waals surface area contributed by atoms with Crippen molar-refractivity contribution in [2.75, 3.05) is 33.0 Å². The Morgan fingerprint density at radius 3 is 1.31 bits per heavy atom. The average molecular weight is 885 g/mol. The fourth-order valence-corrected chi connectivity index (χ4v) is 6.43. The van der Waals surface area contributed by atoms with E-state index in [9.17, 15) is 19.4 Å². The molecule has 3 N–H and O–H groups in total. The molecule has 0 rings (SSSR count). The first-order valence-corrected chi connectivity index (χ1v) is 25.0. The van der Waals surface area contributed by atoms with Gasteiger partial charge in [-0.3, -0.25) is 13.8 Å². The first-order valence-electron chi connectivity index (χ1n) is 23.5. The third-order valence-corrected chi connectivity index (χ3v) is 10.1. The number of esters is 1. The zero-order valence-corrected chi connectivity index (χ0v) is 39.4. The van der Waals surface area contributed by atoms with Crippen LogP contribution in [-0.4, -0.2) is 66.3 Å². The van der Waals surface area contributed by atoms with E-state index in [1.807, 2.05) is 0 Å². The fraction of sp³-hybridized carbons (Fsp3) is 0.596. The van der Waals surface area contributed by atoms with Crippen molar-refractivity contribution in [3.05, 3.63) is 122 Å². The number of hydrogen-bond donors (Lipinski definition) is 3. The summed E-state index contributed by atoms with van der Waals surface area (Å²) in [5, 5.41) is 18.4. The summed E-state index contributed by atoms with van der Waals surface area (Å²) < 4.78 is 33.4. The van der Waals surface area contributed by atoms with Crippen LogP contribution in [0.2, 0.25) is 0 Å². The Balaban J connectivity index is 4.25. The molecule has 3 unspecified atom stereocenters. The van der Waals surface area contributed by atoms with Crippen LogP contribution in [0.4, 0.5) is 0 Å². The van der Waals surface area contributed by atoms with E-state index in [1.54, 1.807) is 0 Å². The van der Waals surface area contributed by atoms with Crippen molar-refractivity contribution < 1.29 is 43.0 Å². The van der Waals surface area contributed by atoms with Crippen LogP contribution in [0.1, 0.15) is 155 Å². The Morgan fingerprint density at radius 2 is 0.871 bits per heavy atom. The number of unbranched alkanes of at least 4 members (excludes halogenated alkanes) is 9. The fourth-order valence-electron chi connectivity index (χ4n) is 5.64. The van der Waals surface area contributed by atoms with Crippen LogP contribution < -0.4 is 0 Å². The molecule has 0 saturated heterocycles. The number of aliphatic hydroxyl groups is 2. The van der Waals surface area contributed by atoms with Crippen molar-refractivity contribution in [1.29, 1.82) is 0 Å². The molecule has 0 saturated carbocycles. The Labute approximate surface area is 377 Å². The summed E-state index contributed by atoms with van der Waals surface area (Å²) in [6, 6.07) is 0. The molecule has 0 spiro atoms. The molecular formula is C52H85O9P. The molecule has 0 amide bonds. The Kier molecular flexibility index (Phi) is 44.9. The van der Waals surface area contributed by atoms with E-state index in [0.29, 0.717) is 13.0 Å². The van der Waals surface area contributed by atoms with Crippen LogP contribution in [-0.2, 0) is 27.9 Å². The van der Waals surface area contributed by atoms with Crippen molar-refractivity contribution in [3.63, 3.8) is 0 Å². The van der Waals surface area contributed by atoms with E-state index >= 15 is 0 Å². The van der Waals surface area contributed by atoms with Gasteiger partial charge < -0.3 is 24.6 Å². The van der Waals surface area contributed by atoms with E-state index in [1.165, 1.54) is 0 Å². The van der Waals surface area contributed by atoms with Gasteiger partial charge in [-0.05, 0) is 103 Å². The highest BCUT2D eigenvalue weighted by atomic mass is 31.2. The van der Waals surface area contributed by atoms with Crippen LogP contribution in [0, 0.1) is 0 Å². The zero-order valence-electron chi connectivity index (χ0n) is 38.5. The molecule has 0 aromatic heterocycles. The Bertz CT molecular complexity index is 1370. The lowest BCUT2D eigenvalue weighted by atomic mass is 10.1. The van der Waals surface area contributed by atoms with Crippen molar-refractivity contribution >= 4 is 13.8 Å². The first-order chi connectivity index (χ1) is 30.3. The molecule has 0 heterocycles. The standard InChI is InChI=1S/C52H85O9P/c1-3-5-7-9-11-13-15-17-19-21-22-23-24-25-26-27-29-31-33-35-37-39-41-43-45-58-48-51(49-60-62(56,57)59-47-50(54)46-53)61-52(55)44-42-40-38-36-34-32-30-28-20-18-16-14-12-10-8-6-4-2/h5-8,11-14,17-20,22-23,25-26,29-32,50-51,53-54H,3-4,9-10,15-16,21,24,27-28,33-49H2,1-2H3,(H,56,57)/b7-5-,8-6-,13-11-,14-12-,19-17-,20-18-,23-22-,26-25-,31-29-,32-30-. The van der Waals surface area contributed by atoms with Gasteiger partial charge in [-0.2, -0.15) is 0 Å². The molecule has 10 heteroatoms. The highest BCUT2D eigenvalue weighted by Gasteiger charge is 2.26. The normalized spacial score (nSPS) is 15.0. The van der Waals surface area contributed by atoms with E-state index < -0.39 is 45.8 Å². The molecule has 0 aliphatic carbocycles. The summed E-state index contributed by atoms with van der Waals surface area (Å²) >= 11 is 0. The Hall–Kier alpha value is -3.14. The van der Waals surface area contributed by atoms with Gasteiger partial charge in [-0.25, -0.2) is 4.57 Å². The highest BCUT2D eigenvalue weighted by Crippen LogP contribution is 2.43. The topological polar surface area (TPSA) is 132 Å². The SMILES string of the molecule is CC/C=C\C/C=C\C/C=C\C/C=C\C/C=C\C/C=C\CCCCCCCOCC(COP(=O)(O)OCC(O)CO)OC(=O)CCCCCC/C=C\C/C=C\C/C=C\C/C=C\CC. The van der Waals surface area contributed by atoms with Crippen molar-refractivity contribution in [1.82, 2.24) is 0 Å². The number of hydrogen-bond acceptors (Lipinski definition) is 8. The minimum Gasteiger partial charge on any atom is -0.457 e. The van der Waals surface area contributed by atoms with Crippen LogP contribution in [0.3, 0.4) is 0 Å². The second kappa shape index (κ2) is 47.3. The maximum Gasteiger partial charge on any atom is 0.472 e. The summed E-state index contributed by atoms with van der Waals surface area (Å²) in [5.41, 5.74) is 0. The smallest absolute Gasteiger partial charge is 0.457 e. The molecule has 0 aliphatic rings. The molecule has 3 atom stereocenters. The van der Waals surface area contributed by atoms with Gasteiger partial charge in [-0.15, -0.1) is 0 Å². The second-order valence-corrected chi connectivity index (χ2v) is 16.5. The number of phosphoric ester groups is 1. The van der Waals surface area contributed by atoms with Crippen LogP contribution in [0.5, 0.6) is 0 Å². The van der Waals surface area contributed by atoms with Gasteiger partial charge in [0.25, 0.3) is 0 Å². The summed E-state index contributed by atoms with van der Waals surface area (Å²) in [5.74, 6) is -0.419. The maximum absolute atomic E-state index is 12.6. The van der Waals surface area contributed by atoms with E-state index in [4.69, 9.17) is 23.6 Å². The number of allylic oxidation sites excluding steroid dienone is 20. The van der Waals surface area contributed by atoms with E-state index in [0.717, 1.165) is 128 Å². The predicted molar refractivity (Wildman–Crippen MR) is 260 cm³/mol. The minimum absolute atomic E-state index is 0.0164. The molecule has 62 heavy (non-hydrogen) atoms. The van der Waals surface area contributed by atoms with Crippen molar-refractivity contribution in [3.8, 4) is 0 Å². The molecule has 0 fully saturated rings. The minimum atomic E-state index is -4.54. The Morgan fingerprint density at radius 1 is 0.500 bits per heavy atom. The molecule has 9 nitrogen and oxygen atoms in total. The summed E-state index contributed by atoms with van der Waals surface area (Å²) in [7, 11) is -4.54. The van der Waals surface area contributed by atoms with E-state index in [-0.39, 0.29) is 13.0 Å². The molecule has 0 aromatic carbocycles. The molecular weight excluding hydrogens is 800 g/mol. The summed E-state index contributed by atoms with van der Waals surface area (Å²) in [6.45, 7) is 3.17. The molecule has 352 valence electrons. The van der Waals surface area contributed by atoms with Gasteiger partial charge in [-0.1, -0.05) is 167 Å². The third kappa shape index (κ3) is 46.4. The largest absolute Gasteiger partial charge is 0.472 e. The quantitative estimate of drug-likeness (QED) is 0.0237. The van der Waals surface area contributed by atoms with Crippen LogP contribution in [0.15, 0.2) is 122 Å². The lowest BCUT2D eigenvalue weighted by Crippen LogP contribution is -2.29.